The zero-order chi connectivity index (χ0) is 21.1. The monoisotopic (exact) mass is 442 g/mol. The van der Waals surface area contributed by atoms with Crippen LogP contribution >= 0.6 is 23.2 Å². The van der Waals surface area contributed by atoms with E-state index in [1.54, 1.807) is 22.9 Å². The molecule has 2 aromatic carbocycles. The van der Waals surface area contributed by atoms with Crippen LogP contribution in [0.2, 0.25) is 10.0 Å². The van der Waals surface area contributed by atoms with Gasteiger partial charge in [0.1, 0.15) is 0 Å². The molecule has 0 saturated carbocycles. The summed E-state index contributed by atoms with van der Waals surface area (Å²) in [6, 6.07) is 13.3. The largest absolute Gasteiger partial charge is 0.344 e. The number of nitrogens with zero attached hydrogens (tertiary/aromatic N) is 2. The van der Waals surface area contributed by atoms with Crippen molar-refractivity contribution in [1.82, 2.24) is 20.4 Å². The third kappa shape index (κ3) is 4.53. The molecule has 30 heavy (non-hydrogen) atoms. The molecule has 2 atom stereocenters. The summed E-state index contributed by atoms with van der Waals surface area (Å²) in [6.45, 7) is 0.942. The first kappa shape index (κ1) is 20.9. The SMILES string of the molecule is Cn1cc(-c2cccc(C(NC(=O)c3cccc(Cl)c3Cl)[C@@H]3CCCCN3)c2)cn1. The molecular formula is C23H24Cl2N4O. The number of carbonyl (C=O) groups is 1. The molecule has 0 radical (unpaired) electrons. The molecule has 4 rings (SSSR count). The number of amides is 1. The summed E-state index contributed by atoms with van der Waals surface area (Å²) in [5.41, 5.74) is 3.53. The summed E-state index contributed by atoms with van der Waals surface area (Å²) < 4.78 is 1.78. The molecular weight excluding hydrogens is 419 g/mol. The van der Waals surface area contributed by atoms with Crippen LogP contribution in [-0.4, -0.2) is 28.3 Å². The van der Waals surface area contributed by atoms with Crippen molar-refractivity contribution in [3.05, 3.63) is 76.0 Å². The molecule has 1 aromatic heterocycles. The normalized spacial score (nSPS) is 17.5. The van der Waals surface area contributed by atoms with Gasteiger partial charge in [0.2, 0.25) is 0 Å². The fraction of sp³-hybridized carbons (Fsp3) is 0.304. The minimum atomic E-state index is -0.230. The second-order valence-corrected chi connectivity index (χ2v) is 8.42. The van der Waals surface area contributed by atoms with Crippen LogP contribution in [0.1, 0.15) is 41.2 Å². The number of aryl methyl sites for hydroxylation is 1. The quantitative estimate of drug-likeness (QED) is 0.583. The highest BCUT2D eigenvalue weighted by atomic mass is 35.5. The van der Waals surface area contributed by atoms with E-state index in [1.807, 2.05) is 25.5 Å². The Kier molecular flexibility index (Phi) is 6.42. The topological polar surface area (TPSA) is 59.0 Å². The highest BCUT2D eigenvalue weighted by Crippen LogP contribution is 2.30. The van der Waals surface area contributed by atoms with E-state index in [9.17, 15) is 4.79 Å². The average Bonchev–Trinajstić information content (AvgIpc) is 3.21. The Morgan fingerprint density at radius 3 is 2.77 bits per heavy atom. The Morgan fingerprint density at radius 1 is 1.20 bits per heavy atom. The number of rotatable bonds is 5. The smallest absolute Gasteiger partial charge is 0.253 e. The molecule has 1 unspecified atom stereocenters. The number of benzene rings is 2. The first-order chi connectivity index (χ1) is 14.5. The lowest BCUT2D eigenvalue weighted by Gasteiger charge is -2.32. The van der Waals surface area contributed by atoms with E-state index >= 15 is 0 Å². The molecule has 0 aliphatic carbocycles. The second-order valence-electron chi connectivity index (χ2n) is 7.64. The first-order valence-corrected chi connectivity index (χ1v) is 10.9. The van der Waals surface area contributed by atoms with Gasteiger partial charge in [0.15, 0.2) is 0 Å². The van der Waals surface area contributed by atoms with Crippen LogP contribution < -0.4 is 10.6 Å². The van der Waals surface area contributed by atoms with Crippen molar-refractivity contribution in [2.75, 3.05) is 6.54 Å². The van der Waals surface area contributed by atoms with E-state index in [1.165, 1.54) is 0 Å². The van der Waals surface area contributed by atoms with Crippen LogP contribution in [0, 0.1) is 0 Å². The molecule has 1 saturated heterocycles. The average molecular weight is 443 g/mol. The predicted molar refractivity (Wildman–Crippen MR) is 121 cm³/mol. The van der Waals surface area contributed by atoms with Gasteiger partial charge in [-0.25, -0.2) is 0 Å². The molecule has 1 amide bonds. The van der Waals surface area contributed by atoms with Crippen molar-refractivity contribution in [3.63, 3.8) is 0 Å². The van der Waals surface area contributed by atoms with E-state index in [0.29, 0.717) is 10.6 Å². The zero-order valence-electron chi connectivity index (χ0n) is 16.7. The van der Waals surface area contributed by atoms with E-state index in [-0.39, 0.29) is 23.0 Å². The highest BCUT2D eigenvalue weighted by molar-refractivity contribution is 6.43. The second kappa shape index (κ2) is 9.21. The fourth-order valence-corrected chi connectivity index (χ4v) is 4.35. The maximum atomic E-state index is 13.1. The lowest BCUT2D eigenvalue weighted by Crippen LogP contribution is -2.46. The van der Waals surface area contributed by atoms with Crippen molar-refractivity contribution < 1.29 is 4.79 Å². The van der Waals surface area contributed by atoms with Gasteiger partial charge in [-0.1, -0.05) is 53.9 Å². The van der Waals surface area contributed by atoms with Crippen LogP contribution in [0.5, 0.6) is 0 Å². The Balaban J connectivity index is 1.66. The van der Waals surface area contributed by atoms with Crippen molar-refractivity contribution >= 4 is 29.1 Å². The summed E-state index contributed by atoms with van der Waals surface area (Å²) >= 11 is 12.4. The maximum Gasteiger partial charge on any atom is 0.253 e. The molecule has 1 aliphatic heterocycles. The maximum absolute atomic E-state index is 13.1. The Morgan fingerprint density at radius 2 is 2.03 bits per heavy atom. The van der Waals surface area contributed by atoms with Crippen molar-refractivity contribution in [3.8, 4) is 11.1 Å². The molecule has 3 aromatic rings. The van der Waals surface area contributed by atoms with Gasteiger partial charge in [0.05, 0.1) is 27.8 Å². The molecule has 5 nitrogen and oxygen atoms in total. The van der Waals surface area contributed by atoms with Gasteiger partial charge in [-0.05, 0) is 48.7 Å². The molecule has 1 aliphatic rings. The van der Waals surface area contributed by atoms with E-state index in [2.05, 4.69) is 33.9 Å². The number of hydrogen-bond acceptors (Lipinski definition) is 3. The highest BCUT2D eigenvalue weighted by Gasteiger charge is 2.28. The number of aromatic nitrogens is 2. The molecule has 2 heterocycles. The van der Waals surface area contributed by atoms with Crippen LogP contribution in [0.25, 0.3) is 11.1 Å². The number of piperidine rings is 1. The minimum absolute atomic E-state index is 0.143. The number of halogens is 2. The standard InChI is InChI=1S/C23H24Cl2N4O/c1-29-14-17(13-27-29)15-6-4-7-16(12-15)22(20-10-2-3-11-26-20)28-23(30)18-8-5-9-19(24)21(18)25/h4-9,12-14,20,22,26H,2-3,10-11H2,1H3,(H,28,30)/t20-,22?/m0/s1. The molecule has 0 bridgehead atoms. The van der Waals surface area contributed by atoms with E-state index in [4.69, 9.17) is 23.2 Å². The summed E-state index contributed by atoms with van der Waals surface area (Å²) in [5, 5.41) is 11.7. The van der Waals surface area contributed by atoms with Crippen LogP contribution in [0.3, 0.4) is 0 Å². The Hall–Kier alpha value is -2.34. The Bertz CT molecular complexity index is 1040. The van der Waals surface area contributed by atoms with E-state index < -0.39 is 0 Å². The number of hydrogen-bond donors (Lipinski definition) is 2. The summed E-state index contributed by atoms with van der Waals surface area (Å²) in [5.74, 6) is -0.230. The number of nitrogens with one attached hydrogen (secondary N) is 2. The van der Waals surface area contributed by atoms with Gasteiger partial charge in [-0.3, -0.25) is 9.48 Å². The van der Waals surface area contributed by atoms with Crippen LogP contribution in [-0.2, 0) is 7.05 Å². The van der Waals surface area contributed by atoms with Gasteiger partial charge >= 0.3 is 0 Å². The Labute approximate surface area is 186 Å². The minimum Gasteiger partial charge on any atom is -0.344 e. The van der Waals surface area contributed by atoms with Gasteiger partial charge < -0.3 is 10.6 Å². The third-order valence-corrected chi connectivity index (χ3v) is 6.34. The first-order valence-electron chi connectivity index (χ1n) is 10.1. The molecule has 156 valence electrons. The van der Waals surface area contributed by atoms with Gasteiger partial charge in [0, 0.05) is 24.8 Å². The van der Waals surface area contributed by atoms with Gasteiger partial charge in [-0.15, -0.1) is 0 Å². The molecule has 0 spiro atoms. The predicted octanol–water partition coefficient (Wildman–Crippen LogP) is 5.01. The number of carbonyl (C=O) groups excluding carboxylic acids is 1. The van der Waals surface area contributed by atoms with Crippen molar-refractivity contribution in [2.24, 2.45) is 7.05 Å². The third-order valence-electron chi connectivity index (χ3n) is 5.52. The lowest BCUT2D eigenvalue weighted by molar-refractivity contribution is 0.0923. The van der Waals surface area contributed by atoms with Crippen LogP contribution in [0.4, 0.5) is 0 Å². The van der Waals surface area contributed by atoms with Gasteiger partial charge in [-0.2, -0.15) is 5.10 Å². The van der Waals surface area contributed by atoms with Crippen LogP contribution in [0.15, 0.2) is 54.9 Å². The fourth-order valence-electron chi connectivity index (χ4n) is 3.96. The summed E-state index contributed by atoms with van der Waals surface area (Å²) in [4.78, 5) is 13.1. The lowest BCUT2D eigenvalue weighted by atomic mass is 9.91. The zero-order valence-corrected chi connectivity index (χ0v) is 18.2. The van der Waals surface area contributed by atoms with Crippen molar-refractivity contribution in [2.45, 2.75) is 31.3 Å². The van der Waals surface area contributed by atoms with Crippen molar-refractivity contribution in [1.29, 1.82) is 0 Å². The summed E-state index contributed by atoms with van der Waals surface area (Å²) in [6.07, 6.45) is 7.09. The van der Waals surface area contributed by atoms with Gasteiger partial charge in [0.25, 0.3) is 5.91 Å². The summed E-state index contributed by atoms with van der Waals surface area (Å²) in [7, 11) is 1.90. The van der Waals surface area contributed by atoms with E-state index in [0.717, 1.165) is 42.5 Å². The molecule has 7 heteroatoms. The molecule has 2 N–H and O–H groups in total. The molecule has 1 fully saturated rings.